The molecule has 96 valence electrons. The van der Waals surface area contributed by atoms with Gasteiger partial charge in [-0.1, -0.05) is 25.1 Å². The Morgan fingerprint density at radius 3 is 2.50 bits per heavy atom. The van der Waals surface area contributed by atoms with Crippen molar-refractivity contribution in [1.82, 2.24) is 0 Å². The van der Waals surface area contributed by atoms with Gasteiger partial charge in [-0.2, -0.15) is 0 Å². The van der Waals surface area contributed by atoms with E-state index in [1.807, 2.05) is 30.3 Å². The van der Waals surface area contributed by atoms with Gasteiger partial charge < -0.3 is 9.84 Å². The number of aryl methyl sites for hydroxylation is 1. The maximum Gasteiger partial charge on any atom is 0.119 e. The summed E-state index contributed by atoms with van der Waals surface area (Å²) in [6, 6.07) is 13.8. The highest BCUT2D eigenvalue weighted by Crippen LogP contribution is 2.19. The maximum absolute atomic E-state index is 9.93. The zero-order valence-corrected chi connectivity index (χ0v) is 11.3. The third-order valence-electron chi connectivity index (χ3n) is 2.69. The van der Waals surface area contributed by atoms with E-state index in [0.717, 1.165) is 12.2 Å². The largest absolute Gasteiger partial charge is 0.491 e. The molecule has 0 amide bonds. The van der Waals surface area contributed by atoms with E-state index in [9.17, 15) is 5.11 Å². The molecule has 2 rings (SSSR count). The minimum absolute atomic E-state index is 0.337. The van der Waals surface area contributed by atoms with Crippen LogP contribution < -0.4 is 4.74 Å². The van der Waals surface area contributed by atoms with Crippen LogP contribution in [0.3, 0.4) is 0 Å². The molecule has 0 saturated carbocycles. The quantitative estimate of drug-likeness (QED) is 0.865. The van der Waals surface area contributed by atoms with E-state index in [1.54, 1.807) is 11.3 Å². The van der Waals surface area contributed by atoms with Crippen molar-refractivity contribution in [2.75, 3.05) is 6.61 Å². The lowest BCUT2D eigenvalue weighted by Crippen LogP contribution is -2.19. The number of thiophene rings is 1. The molecule has 2 aromatic rings. The van der Waals surface area contributed by atoms with E-state index in [-0.39, 0.29) is 0 Å². The molecule has 2 nitrogen and oxygen atoms in total. The van der Waals surface area contributed by atoms with Crippen molar-refractivity contribution in [3.05, 3.63) is 52.2 Å². The van der Waals surface area contributed by atoms with Crippen molar-refractivity contribution in [2.45, 2.75) is 25.9 Å². The van der Waals surface area contributed by atoms with Gasteiger partial charge in [-0.15, -0.1) is 11.3 Å². The summed E-state index contributed by atoms with van der Waals surface area (Å²) in [4.78, 5) is 2.58. The first-order valence-corrected chi connectivity index (χ1v) is 7.03. The molecule has 1 heterocycles. The van der Waals surface area contributed by atoms with Crippen molar-refractivity contribution < 1.29 is 9.84 Å². The minimum atomic E-state index is -0.450. The van der Waals surface area contributed by atoms with Crippen LogP contribution in [0.2, 0.25) is 0 Å². The Hall–Kier alpha value is -1.32. The standard InChI is InChI=1S/C15H18O2S/c1-2-14-8-9-15(18-14)10-12(16)11-17-13-6-4-3-5-7-13/h3-9,12,16H,2,10-11H2,1H3. The summed E-state index contributed by atoms with van der Waals surface area (Å²) in [5, 5.41) is 9.93. The molecule has 1 aromatic heterocycles. The van der Waals surface area contributed by atoms with Crippen molar-refractivity contribution in [3.63, 3.8) is 0 Å². The van der Waals surface area contributed by atoms with E-state index in [2.05, 4.69) is 19.1 Å². The van der Waals surface area contributed by atoms with Crippen LogP contribution in [-0.4, -0.2) is 17.8 Å². The summed E-state index contributed by atoms with van der Waals surface area (Å²) in [5.74, 6) is 0.803. The van der Waals surface area contributed by atoms with E-state index in [1.165, 1.54) is 9.75 Å². The second-order valence-corrected chi connectivity index (χ2v) is 5.46. The zero-order valence-electron chi connectivity index (χ0n) is 10.5. The van der Waals surface area contributed by atoms with Crippen molar-refractivity contribution in [1.29, 1.82) is 0 Å². The lowest BCUT2D eigenvalue weighted by atomic mass is 10.2. The topological polar surface area (TPSA) is 29.5 Å². The Kier molecular flexibility index (Phi) is 4.79. The number of aliphatic hydroxyl groups excluding tert-OH is 1. The number of benzene rings is 1. The molecular formula is C15H18O2S. The highest BCUT2D eigenvalue weighted by Gasteiger charge is 2.08. The van der Waals surface area contributed by atoms with E-state index in [0.29, 0.717) is 13.0 Å². The Bertz CT molecular complexity index is 464. The molecule has 0 saturated heterocycles. The van der Waals surface area contributed by atoms with Crippen LogP contribution in [0.25, 0.3) is 0 Å². The van der Waals surface area contributed by atoms with E-state index in [4.69, 9.17) is 4.74 Å². The minimum Gasteiger partial charge on any atom is -0.491 e. The molecule has 1 unspecified atom stereocenters. The van der Waals surface area contributed by atoms with Gasteiger partial charge in [-0.25, -0.2) is 0 Å². The van der Waals surface area contributed by atoms with Crippen LogP contribution in [0.1, 0.15) is 16.7 Å². The first-order valence-electron chi connectivity index (χ1n) is 6.21. The van der Waals surface area contributed by atoms with E-state index < -0.39 is 6.10 Å². The highest BCUT2D eigenvalue weighted by atomic mass is 32.1. The van der Waals surface area contributed by atoms with Gasteiger partial charge in [-0.05, 0) is 30.7 Å². The Morgan fingerprint density at radius 1 is 1.11 bits per heavy atom. The second kappa shape index (κ2) is 6.57. The molecule has 1 N–H and O–H groups in total. The predicted octanol–water partition coefficient (Wildman–Crippen LogP) is 3.29. The lowest BCUT2D eigenvalue weighted by molar-refractivity contribution is 0.108. The van der Waals surface area contributed by atoms with Gasteiger partial charge in [0.25, 0.3) is 0 Å². The van der Waals surface area contributed by atoms with Crippen LogP contribution in [0, 0.1) is 0 Å². The Morgan fingerprint density at radius 2 is 1.83 bits per heavy atom. The van der Waals surface area contributed by atoms with Gasteiger partial charge in [-0.3, -0.25) is 0 Å². The van der Waals surface area contributed by atoms with Gasteiger partial charge in [0, 0.05) is 16.2 Å². The third-order valence-corrected chi connectivity index (χ3v) is 3.94. The molecule has 0 spiro atoms. The fraction of sp³-hybridized carbons (Fsp3) is 0.333. The van der Waals surface area contributed by atoms with Crippen LogP contribution in [0.5, 0.6) is 5.75 Å². The Balaban J connectivity index is 1.80. The summed E-state index contributed by atoms with van der Waals surface area (Å²) in [5.41, 5.74) is 0. The Labute approximate surface area is 112 Å². The number of hydrogen-bond acceptors (Lipinski definition) is 3. The normalized spacial score (nSPS) is 12.3. The van der Waals surface area contributed by atoms with Crippen molar-refractivity contribution in [2.24, 2.45) is 0 Å². The highest BCUT2D eigenvalue weighted by molar-refractivity contribution is 7.11. The molecule has 0 fully saturated rings. The summed E-state index contributed by atoms with van der Waals surface area (Å²) in [6.45, 7) is 2.48. The first-order chi connectivity index (χ1) is 8.78. The third kappa shape index (κ3) is 3.86. The molecule has 0 radical (unpaired) electrons. The van der Waals surface area contributed by atoms with E-state index >= 15 is 0 Å². The molecule has 0 aliphatic heterocycles. The second-order valence-electron chi connectivity index (χ2n) is 4.20. The number of ether oxygens (including phenoxy) is 1. The van der Waals surface area contributed by atoms with Crippen LogP contribution in [-0.2, 0) is 12.8 Å². The number of hydrogen-bond donors (Lipinski definition) is 1. The van der Waals surface area contributed by atoms with Crippen LogP contribution in [0.4, 0.5) is 0 Å². The maximum atomic E-state index is 9.93. The molecule has 0 bridgehead atoms. The van der Waals surface area contributed by atoms with Crippen LogP contribution >= 0.6 is 11.3 Å². The first kappa shape index (κ1) is 13.1. The fourth-order valence-corrected chi connectivity index (χ4v) is 2.75. The molecule has 0 aliphatic carbocycles. The van der Waals surface area contributed by atoms with Crippen LogP contribution in [0.15, 0.2) is 42.5 Å². The van der Waals surface area contributed by atoms with Gasteiger partial charge in [0.2, 0.25) is 0 Å². The molecular weight excluding hydrogens is 244 g/mol. The summed E-state index contributed by atoms with van der Waals surface area (Å²) in [6.07, 6.45) is 1.27. The van der Waals surface area contributed by atoms with Crippen molar-refractivity contribution in [3.8, 4) is 5.75 Å². The average Bonchev–Trinajstić information content (AvgIpc) is 2.85. The number of aliphatic hydroxyl groups is 1. The van der Waals surface area contributed by atoms with Crippen molar-refractivity contribution >= 4 is 11.3 Å². The summed E-state index contributed by atoms with van der Waals surface area (Å²) in [7, 11) is 0. The monoisotopic (exact) mass is 262 g/mol. The molecule has 0 aliphatic rings. The van der Waals surface area contributed by atoms with Gasteiger partial charge in [0.05, 0.1) is 6.10 Å². The molecule has 1 aromatic carbocycles. The number of para-hydroxylation sites is 1. The SMILES string of the molecule is CCc1ccc(CC(O)COc2ccccc2)s1. The van der Waals surface area contributed by atoms with Gasteiger partial charge in [0.1, 0.15) is 12.4 Å². The fourth-order valence-electron chi connectivity index (χ4n) is 1.72. The smallest absolute Gasteiger partial charge is 0.119 e. The molecule has 3 heteroatoms. The average molecular weight is 262 g/mol. The molecule has 1 atom stereocenters. The number of rotatable bonds is 6. The lowest BCUT2D eigenvalue weighted by Gasteiger charge is -2.11. The summed E-state index contributed by atoms with van der Waals surface area (Å²) >= 11 is 1.77. The zero-order chi connectivity index (χ0) is 12.8. The predicted molar refractivity (Wildman–Crippen MR) is 75.3 cm³/mol. The summed E-state index contributed by atoms with van der Waals surface area (Å²) < 4.78 is 5.53. The van der Waals surface area contributed by atoms with Gasteiger partial charge in [0.15, 0.2) is 0 Å². The molecule has 18 heavy (non-hydrogen) atoms. The van der Waals surface area contributed by atoms with Gasteiger partial charge >= 0.3 is 0 Å².